The molecule has 0 aliphatic carbocycles. The molecule has 0 heterocycles. The van der Waals surface area contributed by atoms with Gasteiger partial charge in [-0.15, -0.1) is 0 Å². The summed E-state index contributed by atoms with van der Waals surface area (Å²) in [6.07, 6.45) is 0. The second-order valence-electron chi connectivity index (χ2n) is 6.47. The molecule has 3 aromatic rings. The highest BCUT2D eigenvalue weighted by molar-refractivity contribution is 6.37. The number of ether oxygens (including phenoxy) is 1. The van der Waals surface area contributed by atoms with Crippen LogP contribution in [0.15, 0.2) is 66.7 Å². The molecule has 0 fully saturated rings. The van der Waals surface area contributed by atoms with Crippen LogP contribution in [0.25, 0.3) is 0 Å². The Morgan fingerprint density at radius 1 is 0.938 bits per heavy atom. The second-order valence-corrected chi connectivity index (χ2v) is 7.31. The fourth-order valence-corrected chi connectivity index (χ4v) is 3.18. The number of nitro benzene ring substituents is 1. The van der Waals surface area contributed by atoms with E-state index in [9.17, 15) is 24.5 Å². The van der Waals surface area contributed by atoms with E-state index in [1.165, 1.54) is 54.6 Å². The Hall–Kier alpha value is -3.75. The third-order valence-corrected chi connectivity index (χ3v) is 4.79. The number of Topliss-reactive ketones (excluding diaryl/α,β-unsaturated/α-hetero) is 1. The minimum absolute atomic E-state index is 0.0489. The predicted octanol–water partition coefficient (Wildman–Crippen LogP) is 5.19. The van der Waals surface area contributed by atoms with E-state index in [1.54, 1.807) is 6.07 Å². The summed E-state index contributed by atoms with van der Waals surface area (Å²) in [7, 11) is 0. The summed E-state index contributed by atoms with van der Waals surface area (Å²) in [5.74, 6) is -1.90. The number of nitrogens with zero attached hydrogens (tertiary/aromatic N) is 1. The number of non-ortho nitro benzene ring substituents is 1. The van der Waals surface area contributed by atoms with Crippen molar-refractivity contribution in [3.63, 3.8) is 0 Å². The molecule has 0 atom stereocenters. The summed E-state index contributed by atoms with van der Waals surface area (Å²) in [6, 6.07) is 15.5. The van der Waals surface area contributed by atoms with Crippen molar-refractivity contribution in [2.24, 2.45) is 0 Å². The SMILES string of the molecule is O=C(COC(=O)c1cccc(NC(=O)c2ccc(Cl)cc2Cl)c1)c1cccc([N+](=O)[O-])c1. The molecule has 8 nitrogen and oxygen atoms in total. The molecule has 3 rings (SSSR count). The summed E-state index contributed by atoms with van der Waals surface area (Å²) >= 11 is 11.9. The number of anilines is 1. The van der Waals surface area contributed by atoms with Crippen LogP contribution in [-0.2, 0) is 4.74 Å². The van der Waals surface area contributed by atoms with Crippen LogP contribution in [0.2, 0.25) is 10.0 Å². The van der Waals surface area contributed by atoms with Gasteiger partial charge in [0, 0.05) is 28.4 Å². The van der Waals surface area contributed by atoms with Crippen LogP contribution in [0.5, 0.6) is 0 Å². The van der Waals surface area contributed by atoms with Crippen molar-refractivity contribution in [1.82, 2.24) is 0 Å². The van der Waals surface area contributed by atoms with Gasteiger partial charge in [-0.25, -0.2) is 4.79 Å². The van der Waals surface area contributed by atoms with Gasteiger partial charge < -0.3 is 10.1 Å². The van der Waals surface area contributed by atoms with Crippen molar-refractivity contribution in [2.45, 2.75) is 0 Å². The molecule has 0 aromatic heterocycles. The lowest BCUT2D eigenvalue weighted by molar-refractivity contribution is -0.384. The topological polar surface area (TPSA) is 116 Å². The Morgan fingerprint density at radius 3 is 2.38 bits per heavy atom. The molecular weight excluding hydrogens is 459 g/mol. The third-order valence-electron chi connectivity index (χ3n) is 4.25. The van der Waals surface area contributed by atoms with Crippen molar-refractivity contribution in [2.75, 3.05) is 11.9 Å². The number of rotatable bonds is 7. The summed E-state index contributed by atoms with van der Waals surface area (Å²) < 4.78 is 5.01. The number of halogens is 2. The van der Waals surface area contributed by atoms with E-state index in [1.807, 2.05) is 0 Å². The highest BCUT2D eigenvalue weighted by atomic mass is 35.5. The summed E-state index contributed by atoms with van der Waals surface area (Å²) in [5.41, 5.74) is 0.406. The van der Waals surface area contributed by atoms with E-state index < -0.39 is 29.2 Å². The van der Waals surface area contributed by atoms with E-state index in [4.69, 9.17) is 27.9 Å². The molecule has 0 aliphatic heterocycles. The number of nitrogens with one attached hydrogen (secondary N) is 1. The fraction of sp³-hybridized carbons (Fsp3) is 0.0455. The zero-order valence-electron chi connectivity index (χ0n) is 16.2. The van der Waals surface area contributed by atoms with Crippen molar-refractivity contribution in [3.8, 4) is 0 Å². The van der Waals surface area contributed by atoms with Crippen molar-refractivity contribution < 1.29 is 24.0 Å². The maximum Gasteiger partial charge on any atom is 0.338 e. The van der Waals surface area contributed by atoms with Crippen LogP contribution in [0.1, 0.15) is 31.1 Å². The summed E-state index contributed by atoms with van der Waals surface area (Å²) in [4.78, 5) is 47.2. The average Bonchev–Trinajstić information content (AvgIpc) is 2.77. The van der Waals surface area contributed by atoms with E-state index >= 15 is 0 Å². The minimum atomic E-state index is -0.801. The van der Waals surface area contributed by atoms with Gasteiger partial charge in [-0.1, -0.05) is 41.4 Å². The quantitative estimate of drug-likeness (QED) is 0.219. The maximum atomic E-state index is 12.4. The first-order chi connectivity index (χ1) is 15.2. The number of amides is 1. The molecule has 0 saturated heterocycles. The lowest BCUT2D eigenvalue weighted by Gasteiger charge is -2.09. The fourth-order valence-electron chi connectivity index (χ4n) is 2.69. The number of esters is 1. The van der Waals surface area contributed by atoms with Gasteiger partial charge in [-0.3, -0.25) is 19.7 Å². The van der Waals surface area contributed by atoms with Gasteiger partial charge in [0.15, 0.2) is 6.61 Å². The lowest BCUT2D eigenvalue weighted by atomic mass is 10.1. The van der Waals surface area contributed by atoms with E-state index in [0.717, 1.165) is 6.07 Å². The molecule has 0 unspecified atom stereocenters. The molecule has 0 radical (unpaired) electrons. The minimum Gasteiger partial charge on any atom is -0.454 e. The maximum absolute atomic E-state index is 12.4. The Kier molecular flexibility index (Phi) is 7.19. The van der Waals surface area contributed by atoms with Crippen LogP contribution < -0.4 is 5.32 Å². The monoisotopic (exact) mass is 472 g/mol. The van der Waals surface area contributed by atoms with Gasteiger partial charge in [0.1, 0.15) is 0 Å². The molecule has 32 heavy (non-hydrogen) atoms. The second kappa shape index (κ2) is 10.0. The normalized spacial score (nSPS) is 10.3. The van der Waals surface area contributed by atoms with Gasteiger partial charge in [0.25, 0.3) is 11.6 Å². The molecule has 0 aliphatic rings. The van der Waals surface area contributed by atoms with E-state index in [0.29, 0.717) is 10.7 Å². The predicted molar refractivity (Wildman–Crippen MR) is 119 cm³/mol. The largest absolute Gasteiger partial charge is 0.454 e. The van der Waals surface area contributed by atoms with Gasteiger partial charge in [-0.05, 0) is 36.4 Å². The number of nitro groups is 1. The molecule has 3 aromatic carbocycles. The third kappa shape index (κ3) is 5.69. The zero-order chi connectivity index (χ0) is 23.3. The van der Waals surface area contributed by atoms with Crippen LogP contribution in [-0.4, -0.2) is 29.2 Å². The molecule has 1 amide bonds. The Balaban J connectivity index is 1.65. The highest BCUT2D eigenvalue weighted by Crippen LogP contribution is 2.22. The molecule has 0 bridgehead atoms. The molecule has 1 N–H and O–H groups in total. The first-order valence-electron chi connectivity index (χ1n) is 9.06. The van der Waals surface area contributed by atoms with Gasteiger partial charge in [0.2, 0.25) is 5.78 Å². The number of hydrogen-bond acceptors (Lipinski definition) is 6. The molecule has 162 valence electrons. The number of hydrogen-bond donors (Lipinski definition) is 1. The van der Waals surface area contributed by atoms with Crippen LogP contribution in [0.3, 0.4) is 0 Å². The summed E-state index contributed by atoms with van der Waals surface area (Å²) in [6.45, 7) is -0.600. The van der Waals surface area contributed by atoms with E-state index in [-0.39, 0.29) is 27.4 Å². The first-order valence-corrected chi connectivity index (χ1v) is 9.81. The Morgan fingerprint density at radius 2 is 1.66 bits per heavy atom. The number of benzene rings is 3. The van der Waals surface area contributed by atoms with Crippen LogP contribution >= 0.6 is 23.2 Å². The van der Waals surface area contributed by atoms with Crippen molar-refractivity contribution in [1.29, 1.82) is 0 Å². The molecule has 10 heteroatoms. The van der Waals surface area contributed by atoms with Crippen LogP contribution in [0, 0.1) is 10.1 Å². The lowest BCUT2D eigenvalue weighted by Crippen LogP contribution is -2.15. The highest BCUT2D eigenvalue weighted by Gasteiger charge is 2.16. The molecular formula is C22H14Cl2N2O6. The van der Waals surface area contributed by atoms with Crippen molar-refractivity contribution >= 4 is 52.2 Å². The number of carbonyl (C=O) groups is 3. The van der Waals surface area contributed by atoms with Crippen molar-refractivity contribution in [3.05, 3.63) is 104 Å². The van der Waals surface area contributed by atoms with Gasteiger partial charge >= 0.3 is 5.97 Å². The Labute approximate surface area is 191 Å². The molecule has 0 spiro atoms. The average molecular weight is 473 g/mol. The van der Waals surface area contributed by atoms with Gasteiger partial charge in [-0.2, -0.15) is 0 Å². The summed E-state index contributed by atoms with van der Waals surface area (Å²) in [5, 5.41) is 14.0. The number of ketones is 1. The Bertz CT molecular complexity index is 1230. The number of carbonyl (C=O) groups excluding carboxylic acids is 3. The molecule has 0 saturated carbocycles. The van der Waals surface area contributed by atoms with E-state index in [2.05, 4.69) is 5.32 Å². The van der Waals surface area contributed by atoms with Crippen LogP contribution in [0.4, 0.5) is 11.4 Å². The zero-order valence-corrected chi connectivity index (χ0v) is 17.7. The smallest absolute Gasteiger partial charge is 0.338 e. The first kappa shape index (κ1) is 22.9. The standard InChI is InChI=1S/C22H14Cl2N2O6/c23-15-7-8-18(19(24)11-15)21(28)25-16-5-1-4-14(9-16)22(29)32-12-20(27)13-3-2-6-17(10-13)26(30)31/h1-11H,12H2,(H,25,28). The van der Waals surface area contributed by atoms with Gasteiger partial charge in [0.05, 0.1) is 21.1 Å².